The summed E-state index contributed by atoms with van der Waals surface area (Å²) in [6.07, 6.45) is 12.1. The fourth-order valence-corrected chi connectivity index (χ4v) is 3.39. The standard InChI is InChI=1S/C15H29N3/c1-18(14-9-5-6-10-14)12-11-17-15(16)13-7-3-2-4-8-13/h13-14H,2-12H2,1H3,(H2,16,17). The third-order valence-corrected chi connectivity index (χ3v) is 4.72. The second kappa shape index (κ2) is 7.13. The normalized spacial score (nSPS) is 24.0. The molecule has 2 N–H and O–H groups in total. The zero-order chi connectivity index (χ0) is 12.8. The van der Waals surface area contributed by atoms with Crippen LogP contribution in [0.1, 0.15) is 57.8 Å². The van der Waals surface area contributed by atoms with Gasteiger partial charge in [-0.15, -0.1) is 0 Å². The molecule has 3 nitrogen and oxygen atoms in total. The van der Waals surface area contributed by atoms with Gasteiger partial charge in [-0.1, -0.05) is 32.1 Å². The van der Waals surface area contributed by atoms with Crippen LogP contribution in [0.5, 0.6) is 0 Å². The maximum absolute atomic E-state index is 6.12. The lowest BCUT2D eigenvalue weighted by atomic mass is 9.88. The Bertz CT molecular complexity index is 263. The van der Waals surface area contributed by atoms with Gasteiger partial charge >= 0.3 is 0 Å². The molecule has 0 atom stereocenters. The first-order chi connectivity index (χ1) is 8.77. The maximum Gasteiger partial charge on any atom is 0.0968 e. The molecule has 0 heterocycles. The van der Waals surface area contributed by atoms with Gasteiger partial charge in [-0.05, 0) is 32.7 Å². The van der Waals surface area contributed by atoms with Crippen LogP contribution in [0.15, 0.2) is 4.99 Å². The predicted molar refractivity (Wildman–Crippen MR) is 78.0 cm³/mol. The van der Waals surface area contributed by atoms with Crippen molar-refractivity contribution < 1.29 is 0 Å². The van der Waals surface area contributed by atoms with E-state index in [0.29, 0.717) is 5.92 Å². The van der Waals surface area contributed by atoms with E-state index in [1.807, 2.05) is 0 Å². The van der Waals surface area contributed by atoms with Gasteiger partial charge in [0.1, 0.15) is 0 Å². The Kier molecular flexibility index (Phi) is 5.48. The van der Waals surface area contributed by atoms with Gasteiger partial charge in [-0.25, -0.2) is 0 Å². The van der Waals surface area contributed by atoms with E-state index in [2.05, 4.69) is 16.9 Å². The molecule has 0 aromatic rings. The Balaban J connectivity index is 1.68. The molecule has 2 saturated carbocycles. The van der Waals surface area contributed by atoms with Crippen LogP contribution in [0.4, 0.5) is 0 Å². The van der Waals surface area contributed by atoms with Crippen molar-refractivity contribution in [3.63, 3.8) is 0 Å². The molecule has 0 aromatic heterocycles. The summed E-state index contributed by atoms with van der Waals surface area (Å²) >= 11 is 0. The van der Waals surface area contributed by atoms with Crippen molar-refractivity contribution in [2.24, 2.45) is 16.6 Å². The highest BCUT2D eigenvalue weighted by Crippen LogP contribution is 2.24. The van der Waals surface area contributed by atoms with Crippen molar-refractivity contribution >= 4 is 5.84 Å². The summed E-state index contributed by atoms with van der Waals surface area (Å²) in [7, 11) is 2.24. The summed E-state index contributed by atoms with van der Waals surface area (Å²) in [4.78, 5) is 7.09. The molecule has 0 radical (unpaired) electrons. The summed E-state index contributed by atoms with van der Waals surface area (Å²) in [5.41, 5.74) is 6.12. The molecule has 0 aliphatic heterocycles. The third kappa shape index (κ3) is 3.98. The first-order valence-corrected chi connectivity index (χ1v) is 7.77. The Morgan fingerprint density at radius 3 is 2.33 bits per heavy atom. The second-order valence-electron chi connectivity index (χ2n) is 6.06. The first kappa shape index (κ1) is 13.9. The average molecular weight is 251 g/mol. The minimum Gasteiger partial charge on any atom is -0.387 e. The van der Waals surface area contributed by atoms with Crippen LogP contribution in [-0.4, -0.2) is 36.9 Å². The van der Waals surface area contributed by atoms with Crippen molar-refractivity contribution in [2.75, 3.05) is 20.1 Å². The van der Waals surface area contributed by atoms with Crippen molar-refractivity contribution in [1.82, 2.24) is 4.90 Å². The fourth-order valence-electron chi connectivity index (χ4n) is 3.39. The topological polar surface area (TPSA) is 41.6 Å². The zero-order valence-corrected chi connectivity index (χ0v) is 11.9. The highest BCUT2D eigenvalue weighted by molar-refractivity contribution is 5.82. The highest BCUT2D eigenvalue weighted by atomic mass is 15.1. The number of rotatable bonds is 5. The molecular formula is C15H29N3. The van der Waals surface area contributed by atoms with Crippen LogP contribution < -0.4 is 5.73 Å². The molecule has 0 amide bonds. The van der Waals surface area contributed by atoms with E-state index in [1.165, 1.54) is 57.8 Å². The quantitative estimate of drug-likeness (QED) is 0.603. The fraction of sp³-hybridized carbons (Fsp3) is 0.933. The molecule has 0 unspecified atom stereocenters. The van der Waals surface area contributed by atoms with Crippen LogP contribution in [0, 0.1) is 5.92 Å². The molecule has 0 spiro atoms. The lowest BCUT2D eigenvalue weighted by Crippen LogP contribution is -2.32. The summed E-state index contributed by atoms with van der Waals surface area (Å²) < 4.78 is 0. The third-order valence-electron chi connectivity index (χ3n) is 4.72. The summed E-state index contributed by atoms with van der Waals surface area (Å²) in [6.45, 7) is 1.95. The monoisotopic (exact) mass is 251 g/mol. The number of nitrogens with two attached hydrogens (primary N) is 1. The van der Waals surface area contributed by atoms with E-state index < -0.39 is 0 Å². The molecular weight excluding hydrogens is 222 g/mol. The van der Waals surface area contributed by atoms with Crippen LogP contribution in [0.25, 0.3) is 0 Å². The second-order valence-corrected chi connectivity index (χ2v) is 6.06. The van der Waals surface area contributed by atoms with Crippen molar-refractivity contribution in [2.45, 2.75) is 63.8 Å². The number of amidine groups is 1. The first-order valence-electron chi connectivity index (χ1n) is 7.77. The Hall–Kier alpha value is -0.570. The lowest BCUT2D eigenvalue weighted by Gasteiger charge is -2.24. The van der Waals surface area contributed by atoms with Crippen LogP contribution >= 0.6 is 0 Å². The van der Waals surface area contributed by atoms with Crippen LogP contribution in [0.3, 0.4) is 0 Å². The SMILES string of the molecule is CN(CCN=C(N)C1CCCCC1)C1CCCC1. The molecule has 0 bridgehead atoms. The number of aliphatic imine (C=N–C) groups is 1. The van der Waals surface area contributed by atoms with E-state index in [9.17, 15) is 0 Å². The van der Waals surface area contributed by atoms with Crippen molar-refractivity contribution in [1.29, 1.82) is 0 Å². The molecule has 2 aliphatic rings. The highest BCUT2D eigenvalue weighted by Gasteiger charge is 2.19. The molecule has 104 valence electrons. The van der Waals surface area contributed by atoms with Gasteiger partial charge in [0.15, 0.2) is 0 Å². The minimum absolute atomic E-state index is 0.579. The van der Waals surface area contributed by atoms with E-state index in [-0.39, 0.29) is 0 Å². The Morgan fingerprint density at radius 2 is 1.67 bits per heavy atom. The van der Waals surface area contributed by atoms with Crippen molar-refractivity contribution in [3.05, 3.63) is 0 Å². The number of hydrogen-bond donors (Lipinski definition) is 1. The molecule has 3 heteroatoms. The van der Waals surface area contributed by atoms with Gasteiger partial charge in [0.05, 0.1) is 12.4 Å². The van der Waals surface area contributed by atoms with Gasteiger partial charge in [-0.2, -0.15) is 0 Å². The molecule has 2 aliphatic carbocycles. The maximum atomic E-state index is 6.12. The summed E-state index contributed by atoms with van der Waals surface area (Å²) in [5.74, 6) is 1.50. The van der Waals surface area contributed by atoms with Gasteiger partial charge in [0.25, 0.3) is 0 Å². The molecule has 0 saturated heterocycles. The van der Waals surface area contributed by atoms with E-state index >= 15 is 0 Å². The zero-order valence-electron chi connectivity index (χ0n) is 11.9. The summed E-state index contributed by atoms with van der Waals surface area (Å²) in [6, 6.07) is 0.802. The Morgan fingerprint density at radius 1 is 1.06 bits per heavy atom. The predicted octanol–water partition coefficient (Wildman–Crippen LogP) is 2.80. The van der Waals surface area contributed by atoms with Crippen LogP contribution in [0.2, 0.25) is 0 Å². The number of likely N-dealkylation sites (N-methyl/N-ethyl adjacent to an activating group) is 1. The van der Waals surface area contributed by atoms with Crippen LogP contribution in [-0.2, 0) is 0 Å². The average Bonchev–Trinajstić information content (AvgIpc) is 2.93. The van der Waals surface area contributed by atoms with E-state index in [1.54, 1.807) is 0 Å². The van der Waals surface area contributed by atoms with E-state index in [0.717, 1.165) is 25.0 Å². The molecule has 18 heavy (non-hydrogen) atoms. The minimum atomic E-state index is 0.579. The Labute approximate surface area is 112 Å². The van der Waals surface area contributed by atoms with E-state index in [4.69, 9.17) is 5.73 Å². The van der Waals surface area contributed by atoms with Gasteiger partial charge in [-0.3, -0.25) is 4.99 Å². The van der Waals surface area contributed by atoms with Gasteiger partial charge in [0.2, 0.25) is 0 Å². The molecule has 2 rings (SSSR count). The molecule has 2 fully saturated rings. The lowest BCUT2D eigenvalue weighted by molar-refractivity contribution is 0.252. The molecule has 0 aromatic carbocycles. The van der Waals surface area contributed by atoms with Gasteiger partial charge < -0.3 is 10.6 Å². The van der Waals surface area contributed by atoms with Gasteiger partial charge in [0, 0.05) is 18.5 Å². The largest absolute Gasteiger partial charge is 0.387 e. The smallest absolute Gasteiger partial charge is 0.0968 e. The summed E-state index contributed by atoms with van der Waals surface area (Å²) in [5, 5.41) is 0. The number of nitrogens with zero attached hydrogens (tertiary/aromatic N) is 2. The number of hydrogen-bond acceptors (Lipinski definition) is 2. The van der Waals surface area contributed by atoms with Crippen molar-refractivity contribution in [3.8, 4) is 0 Å².